The average molecular weight is 270 g/mol. The molecule has 2 bridgehead atoms. The van der Waals surface area contributed by atoms with Gasteiger partial charge in [0.1, 0.15) is 0 Å². The normalized spacial score (nSPS) is 40.0. The molecule has 1 aromatic carbocycles. The Balaban J connectivity index is 1.47. The van der Waals surface area contributed by atoms with Crippen molar-refractivity contribution in [2.75, 3.05) is 0 Å². The molecule has 3 aliphatic rings. The van der Waals surface area contributed by atoms with Gasteiger partial charge in [0.2, 0.25) is 0 Å². The zero-order valence-electron chi connectivity index (χ0n) is 12.4. The van der Waals surface area contributed by atoms with Crippen LogP contribution in [0.5, 0.6) is 0 Å². The van der Waals surface area contributed by atoms with Gasteiger partial charge in [-0.05, 0) is 61.5 Å². The first-order valence-electron chi connectivity index (χ1n) is 8.33. The number of hydrogen-bond donors (Lipinski definition) is 2. The summed E-state index contributed by atoms with van der Waals surface area (Å²) in [6.07, 6.45) is 6.98. The molecule has 4 rings (SSSR count). The summed E-state index contributed by atoms with van der Waals surface area (Å²) in [5, 5.41) is 3.91. The van der Waals surface area contributed by atoms with Crippen molar-refractivity contribution in [3.05, 3.63) is 35.4 Å². The predicted molar refractivity (Wildman–Crippen MR) is 82.3 cm³/mol. The lowest BCUT2D eigenvalue weighted by molar-refractivity contribution is 0.243. The molecule has 0 aromatic heterocycles. The van der Waals surface area contributed by atoms with Gasteiger partial charge in [-0.25, -0.2) is 0 Å². The fraction of sp³-hybridized carbons (Fsp3) is 0.667. The Morgan fingerprint density at radius 3 is 2.60 bits per heavy atom. The molecule has 0 spiro atoms. The monoisotopic (exact) mass is 270 g/mol. The van der Waals surface area contributed by atoms with E-state index >= 15 is 0 Å². The molecule has 0 saturated heterocycles. The molecule has 2 fully saturated rings. The first kappa shape index (κ1) is 12.8. The summed E-state index contributed by atoms with van der Waals surface area (Å²) >= 11 is 0. The van der Waals surface area contributed by atoms with E-state index in [9.17, 15) is 0 Å². The van der Waals surface area contributed by atoms with Gasteiger partial charge in [-0.1, -0.05) is 30.7 Å². The van der Waals surface area contributed by atoms with Crippen LogP contribution in [0.25, 0.3) is 0 Å². The molecular formula is C18H26N2. The molecule has 6 atom stereocenters. The summed E-state index contributed by atoms with van der Waals surface area (Å²) in [7, 11) is 0. The van der Waals surface area contributed by atoms with Crippen molar-refractivity contribution >= 4 is 0 Å². The highest BCUT2D eigenvalue weighted by atomic mass is 15.0. The second kappa shape index (κ2) is 4.85. The quantitative estimate of drug-likeness (QED) is 0.881. The van der Waals surface area contributed by atoms with Crippen molar-refractivity contribution < 1.29 is 0 Å². The van der Waals surface area contributed by atoms with E-state index in [1.54, 1.807) is 0 Å². The van der Waals surface area contributed by atoms with Gasteiger partial charge in [0.05, 0.1) is 0 Å². The molecule has 6 unspecified atom stereocenters. The second-order valence-electron chi connectivity index (χ2n) is 7.32. The SMILES string of the molecule is CC(NC1CC(N)c2ccccc21)C1CC2CCC1C2. The fourth-order valence-electron chi connectivity index (χ4n) is 5.18. The third-order valence-electron chi connectivity index (χ3n) is 6.16. The first-order chi connectivity index (χ1) is 9.72. The summed E-state index contributed by atoms with van der Waals surface area (Å²) in [5.41, 5.74) is 9.08. The van der Waals surface area contributed by atoms with Gasteiger partial charge in [-0.2, -0.15) is 0 Å². The number of nitrogens with two attached hydrogens (primary N) is 1. The van der Waals surface area contributed by atoms with Gasteiger partial charge in [0.25, 0.3) is 0 Å². The van der Waals surface area contributed by atoms with E-state index in [0.717, 1.165) is 24.2 Å². The van der Waals surface area contributed by atoms with Crippen LogP contribution in [0.4, 0.5) is 0 Å². The van der Waals surface area contributed by atoms with Crippen LogP contribution < -0.4 is 11.1 Å². The fourth-order valence-corrected chi connectivity index (χ4v) is 5.18. The predicted octanol–water partition coefficient (Wildman–Crippen LogP) is 3.55. The van der Waals surface area contributed by atoms with Crippen LogP contribution >= 0.6 is 0 Å². The van der Waals surface area contributed by atoms with Crippen LogP contribution in [0.1, 0.15) is 62.2 Å². The van der Waals surface area contributed by atoms with Gasteiger partial charge >= 0.3 is 0 Å². The Bertz CT molecular complexity index is 498. The highest BCUT2D eigenvalue weighted by molar-refractivity contribution is 5.37. The summed E-state index contributed by atoms with van der Waals surface area (Å²) in [6.45, 7) is 2.40. The minimum absolute atomic E-state index is 0.218. The number of rotatable bonds is 3. The van der Waals surface area contributed by atoms with Crippen molar-refractivity contribution in [1.29, 1.82) is 0 Å². The lowest BCUT2D eigenvalue weighted by Gasteiger charge is -2.31. The van der Waals surface area contributed by atoms with E-state index < -0.39 is 0 Å². The number of hydrogen-bond acceptors (Lipinski definition) is 2. The molecule has 0 heterocycles. The smallest absolute Gasteiger partial charge is 0.0344 e. The topological polar surface area (TPSA) is 38.0 Å². The zero-order valence-corrected chi connectivity index (χ0v) is 12.4. The Morgan fingerprint density at radius 2 is 1.90 bits per heavy atom. The van der Waals surface area contributed by atoms with E-state index in [0.29, 0.717) is 12.1 Å². The van der Waals surface area contributed by atoms with Crippen molar-refractivity contribution in [2.45, 2.75) is 57.2 Å². The van der Waals surface area contributed by atoms with Crippen molar-refractivity contribution in [2.24, 2.45) is 23.5 Å². The summed E-state index contributed by atoms with van der Waals surface area (Å²) < 4.78 is 0. The van der Waals surface area contributed by atoms with Crippen molar-refractivity contribution in [3.63, 3.8) is 0 Å². The number of benzene rings is 1. The molecule has 3 aliphatic carbocycles. The van der Waals surface area contributed by atoms with Gasteiger partial charge in [-0.15, -0.1) is 0 Å². The molecule has 3 N–H and O–H groups in total. The zero-order chi connectivity index (χ0) is 13.7. The summed E-state index contributed by atoms with van der Waals surface area (Å²) in [5.74, 6) is 2.93. The van der Waals surface area contributed by atoms with Crippen LogP contribution in [0.2, 0.25) is 0 Å². The number of nitrogens with one attached hydrogen (secondary N) is 1. The maximum Gasteiger partial charge on any atom is 0.0344 e. The minimum Gasteiger partial charge on any atom is -0.324 e. The molecule has 0 radical (unpaired) electrons. The van der Waals surface area contributed by atoms with Crippen LogP contribution in [-0.2, 0) is 0 Å². The summed E-state index contributed by atoms with van der Waals surface area (Å²) in [6, 6.07) is 10.0. The Labute approximate surface area is 122 Å². The van der Waals surface area contributed by atoms with E-state index in [1.165, 1.54) is 36.8 Å². The number of fused-ring (bicyclic) bond motifs is 3. The Morgan fingerprint density at radius 1 is 1.10 bits per heavy atom. The lowest BCUT2D eigenvalue weighted by Crippen LogP contribution is -2.38. The van der Waals surface area contributed by atoms with Gasteiger partial charge in [0, 0.05) is 18.1 Å². The van der Waals surface area contributed by atoms with Gasteiger partial charge in [-0.3, -0.25) is 0 Å². The minimum atomic E-state index is 0.218. The van der Waals surface area contributed by atoms with Crippen LogP contribution in [-0.4, -0.2) is 6.04 Å². The molecule has 2 heteroatoms. The van der Waals surface area contributed by atoms with E-state index in [-0.39, 0.29) is 6.04 Å². The molecule has 20 heavy (non-hydrogen) atoms. The molecule has 0 aliphatic heterocycles. The highest BCUT2D eigenvalue weighted by Crippen LogP contribution is 2.50. The Hall–Kier alpha value is -0.860. The van der Waals surface area contributed by atoms with E-state index in [4.69, 9.17) is 5.73 Å². The van der Waals surface area contributed by atoms with Crippen molar-refractivity contribution in [1.82, 2.24) is 5.32 Å². The molecule has 108 valence electrons. The largest absolute Gasteiger partial charge is 0.324 e. The standard InChI is InChI=1S/C18H26N2/c1-11(16-9-12-6-7-13(16)8-12)20-18-10-17(19)14-4-2-3-5-15(14)18/h2-5,11-13,16-18,20H,6-10,19H2,1H3. The van der Waals surface area contributed by atoms with Crippen LogP contribution in [0.3, 0.4) is 0 Å². The van der Waals surface area contributed by atoms with Crippen LogP contribution in [0, 0.1) is 17.8 Å². The second-order valence-corrected chi connectivity index (χ2v) is 7.32. The van der Waals surface area contributed by atoms with E-state index in [2.05, 4.69) is 36.5 Å². The maximum absolute atomic E-state index is 6.29. The summed E-state index contributed by atoms with van der Waals surface area (Å²) in [4.78, 5) is 0. The van der Waals surface area contributed by atoms with E-state index in [1.807, 2.05) is 0 Å². The highest BCUT2D eigenvalue weighted by Gasteiger charge is 2.42. The third-order valence-corrected chi connectivity index (χ3v) is 6.16. The molecule has 2 saturated carbocycles. The molecule has 0 amide bonds. The molecular weight excluding hydrogens is 244 g/mol. The average Bonchev–Trinajstić information content (AvgIpc) is 3.15. The molecule has 1 aromatic rings. The van der Waals surface area contributed by atoms with Gasteiger partial charge in [0.15, 0.2) is 0 Å². The molecule has 2 nitrogen and oxygen atoms in total. The van der Waals surface area contributed by atoms with Crippen LogP contribution in [0.15, 0.2) is 24.3 Å². The Kier molecular flexibility index (Phi) is 3.12. The first-order valence-corrected chi connectivity index (χ1v) is 8.33. The lowest BCUT2D eigenvalue weighted by atomic mass is 9.83. The maximum atomic E-state index is 6.29. The van der Waals surface area contributed by atoms with Gasteiger partial charge < -0.3 is 11.1 Å². The third kappa shape index (κ3) is 2.01. The van der Waals surface area contributed by atoms with Crippen molar-refractivity contribution in [3.8, 4) is 0 Å².